The molecule has 0 radical (unpaired) electrons. The van der Waals surface area contributed by atoms with E-state index in [1.165, 1.54) is 0 Å². The van der Waals surface area contributed by atoms with Gasteiger partial charge in [-0.05, 0) is 12.1 Å². The lowest BCUT2D eigenvalue weighted by molar-refractivity contribution is 0.0997. The molecule has 0 fully saturated rings. The van der Waals surface area contributed by atoms with Gasteiger partial charge in [0.1, 0.15) is 11.3 Å². The molecule has 0 aliphatic heterocycles. The fourth-order valence-electron chi connectivity index (χ4n) is 1.35. The highest BCUT2D eigenvalue weighted by Crippen LogP contribution is 2.27. The van der Waals surface area contributed by atoms with Crippen LogP contribution in [-0.2, 0) is 0 Å². The minimum absolute atomic E-state index is 0.332. The molecule has 0 unspecified atom stereocenters. The largest absolute Gasteiger partial charge is 0.506 e. The Morgan fingerprint density at radius 1 is 1.33 bits per heavy atom. The van der Waals surface area contributed by atoms with Crippen LogP contribution in [-0.4, -0.2) is 11.0 Å². The Labute approximate surface area is 88.6 Å². The van der Waals surface area contributed by atoms with E-state index in [4.69, 9.17) is 5.73 Å². The van der Waals surface area contributed by atoms with E-state index >= 15 is 0 Å². The summed E-state index contributed by atoms with van der Waals surface area (Å²) in [6, 6.07) is 6.80. The molecule has 1 aromatic carbocycles. The summed E-state index contributed by atoms with van der Waals surface area (Å²) in [5, 5.41) is 10.2. The average molecular weight is 221 g/mol. The molecule has 1 heterocycles. The molecule has 2 rings (SSSR count). The van der Waals surface area contributed by atoms with Crippen molar-refractivity contribution in [3.8, 4) is 5.75 Å². The first kappa shape index (κ1) is 9.67. The summed E-state index contributed by atoms with van der Waals surface area (Å²) in [4.78, 5) is 22.4. The molecule has 0 bridgehead atoms. The van der Waals surface area contributed by atoms with Crippen LogP contribution in [0.15, 0.2) is 29.1 Å². The van der Waals surface area contributed by atoms with Crippen LogP contribution >= 0.6 is 11.3 Å². The van der Waals surface area contributed by atoms with Gasteiger partial charge in [0.15, 0.2) is 0 Å². The van der Waals surface area contributed by atoms with E-state index in [0.29, 0.717) is 10.1 Å². The second kappa shape index (κ2) is 3.36. The monoisotopic (exact) mass is 221 g/mol. The Morgan fingerprint density at radius 2 is 2.00 bits per heavy atom. The van der Waals surface area contributed by atoms with E-state index in [0.717, 1.165) is 11.3 Å². The number of benzene rings is 1. The zero-order valence-electron chi connectivity index (χ0n) is 7.56. The molecule has 2 aromatic rings. The molecule has 0 spiro atoms. The Kier molecular flexibility index (Phi) is 2.17. The number of rotatable bonds is 1. The lowest BCUT2D eigenvalue weighted by atomic mass is 10.2. The van der Waals surface area contributed by atoms with Crippen molar-refractivity contribution >= 4 is 27.3 Å². The van der Waals surface area contributed by atoms with Crippen LogP contribution < -0.4 is 10.5 Å². The molecular formula is C10H7NO3S. The number of fused-ring (bicyclic) bond motifs is 1. The van der Waals surface area contributed by atoms with E-state index < -0.39 is 10.6 Å². The summed E-state index contributed by atoms with van der Waals surface area (Å²) < 4.78 is 0.115. The minimum atomic E-state index is -0.903. The van der Waals surface area contributed by atoms with Crippen LogP contribution in [0.4, 0.5) is 0 Å². The predicted octanol–water partition coefficient (Wildman–Crippen LogP) is 1.07. The van der Waals surface area contributed by atoms with Gasteiger partial charge in [0, 0.05) is 10.1 Å². The second-order valence-electron chi connectivity index (χ2n) is 2.97. The molecule has 0 aliphatic carbocycles. The summed E-state index contributed by atoms with van der Waals surface area (Å²) in [6.45, 7) is 0. The SMILES string of the molecule is NC(=O)c1c(O)c2ccccc2sc1=O. The van der Waals surface area contributed by atoms with Gasteiger partial charge < -0.3 is 10.8 Å². The zero-order chi connectivity index (χ0) is 11.0. The van der Waals surface area contributed by atoms with Gasteiger partial charge in [0.25, 0.3) is 5.91 Å². The number of primary amides is 1. The van der Waals surface area contributed by atoms with Crippen molar-refractivity contribution in [2.24, 2.45) is 5.73 Å². The van der Waals surface area contributed by atoms with E-state index in [9.17, 15) is 14.7 Å². The summed E-state index contributed by atoms with van der Waals surface area (Å²) in [5.74, 6) is -1.23. The van der Waals surface area contributed by atoms with Crippen molar-refractivity contribution in [1.82, 2.24) is 0 Å². The number of carbonyl (C=O) groups excluding carboxylic acids is 1. The van der Waals surface area contributed by atoms with Gasteiger partial charge >= 0.3 is 0 Å². The quantitative estimate of drug-likeness (QED) is 0.755. The van der Waals surface area contributed by atoms with E-state index in [-0.39, 0.29) is 11.3 Å². The van der Waals surface area contributed by atoms with E-state index in [1.807, 2.05) is 0 Å². The molecule has 76 valence electrons. The van der Waals surface area contributed by atoms with Gasteiger partial charge in [-0.3, -0.25) is 9.59 Å². The van der Waals surface area contributed by atoms with Gasteiger partial charge in [0.2, 0.25) is 4.74 Å². The van der Waals surface area contributed by atoms with Gasteiger partial charge in [-0.15, -0.1) is 0 Å². The van der Waals surface area contributed by atoms with Gasteiger partial charge in [-0.2, -0.15) is 0 Å². The predicted molar refractivity (Wildman–Crippen MR) is 58.3 cm³/mol. The molecular weight excluding hydrogens is 214 g/mol. The zero-order valence-corrected chi connectivity index (χ0v) is 8.38. The van der Waals surface area contributed by atoms with Crippen LogP contribution in [0, 0.1) is 0 Å². The fraction of sp³-hybridized carbons (Fsp3) is 0. The number of amides is 1. The molecule has 1 amide bonds. The summed E-state index contributed by atoms with van der Waals surface area (Å²) in [6.07, 6.45) is 0. The van der Waals surface area contributed by atoms with Crippen molar-refractivity contribution in [1.29, 1.82) is 0 Å². The van der Waals surface area contributed by atoms with Crippen LogP contribution in [0.2, 0.25) is 0 Å². The normalized spacial score (nSPS) is 10.4. The van der Waals surface area contributed by atoms with Crippen LogP contribution in [0.5, 0.6) is 5.75 Å². The Morgan fingerprint density at radius 3 is 2.67 bits per heavy atom. The van der Waals surface area contributed by atoms with E-state index in [1.54, 1.807) is 24.3 Å². The molecule has 1 aromatic heterocycles. The first-order valence-electron chi connectivity index (χ1n) is 4.16. The number of carbonyl (C=O) groups is 1. The molecule has 3 N–H and O–H groups in total. The van der Waals surface area contributed by atoms with Crippen molar-refractivity contribution in [3.63, 3.8) is 0 Å². The average Bonchev–Trinajstić information content (AvgIpc) is 2.17. The molecule has 4 nitrogen and oxygen atoms in total. The third-order valence-electron chi connectivity index (χ3n) is 2.03. The highest BCUT2D eigenvalue weighted by Gasteiger charge is 2.16. The molecule has 0 atom stereocenters. The minimum Gasteiger partial charge on any atom is -0.506 e. The number of hydrogen-bond acceptors (Lipinski definition) is 4. The van der Waals surface area contributed by atoms with Crippen molar-refractivity contribution in [2.45, 2.75) is 0 Å². The number of nitrogens with two attached hydrogens (primary N) is 1. The fourth-order valence-corrected chi connectivity index (χ4v) is 2.27. The number of aromatic hydroxyl groups is 1. The van der Waals surface area contributed by atoms with Crippen molar-refractivity contribution in [2.75, 3.05) is 0 Å². The third kappa shape index (κ3) is 1.46. The molecule has 0 saturated carbocycles. The van der Waals surface area contributed by atoms with E-state index in [2.05, 4.69) is 0 Å². The molecule has 0 aliphatic rings. The second-order valence-corrected chi connectivity index (χ2v) is 3.99. The van der Waals surface area contributed by atoms with Gasteiger partial charge in [-0.25, -0.2) is 0 Å². The summed E-state index contributed by atoms with van der Waals surface area (Å²) >= 11 is 0.894. The van der Waals surface area contributed by atoms with Crippen LogP contribution in [0.3, 0.4) is 0 Å². The first-order chi connectivity index (χ1) is 7.11. The van der Waals surface area contributed by atoms with Crippen LogP contribution in [0.25, 0.3) is 10.1 Å². The molecule has 15 heavy (non-hydrogen) atoms. The maximum absolute atomic E-state index is 11.5. The lowest BCUT2D eigenvalue weighted by Crippen LogP contribution is -2.19. The Balaban J connectivity index is 2.97. The maximum atomic E-state index is 11.5. The summed E-state index contributed by atoms with van der Waals surface area (Å²) in [7, 11) is 0. The number of hydrogen-bond donors (Lipinski definition) is 2. The standard InChI is InChI=1S/C10H7NO3S/c11-9(13)7-8(12)5-3-1-2-4-6(5)15-10(7)14/h1-4,12H,(H2,11,13). The summed E-state index contributed by atoms with van der Waals surface area (Å²) in [5.41, 5.74) is 4.68. The lowest BCUT2D eigenvalue weighted by Gasteiger charge is -2.02. The Hall–Kier alpha value is -1.88. The van der Waals surface area contributed by atoms with Gasteiger partial charge in [-0.1, -0.05) is 23.5 Å². The third-order valence-corrected chi connectivity index (χ3v) is 3.00. The van der Waals surface area contributed by atoms with Gasteiger partial charge in [0.05, 0.1) is 0 Å². The van der Waals surface area contributed by atoms with Crippen molar-refractivity contribution in [3.05, 3.63) is 39.4 Å². The first-order valence-corrected chi connectivity index (χ1v) is 4.97. The molecule has 5 heteroatoms. The molecule has 0 saturated heterocycles. The Bertz CT molecular complexity index is 603. The topological polar surface area (TPSA) is 80.4 Å². The smallest absolute Gasteiger partial charge is 0.257 e. The van der Waals surface area contributed by atoms with Crippen LogP contribution in [0.1, 0.15) is 10.4 Å². The maximum Gasteiger partial charge on any atom is 0.257 e. The highest BCUT2D eigenvalue weighted by molar-refractivity contribution is 7.16. The highest BCUT2D eigenvalue weighted by atomic mass is 32.1. The van der Waals surface area contributed by atoms with Crippen molar-refractivity contribution < 1.29 is 9.90 Å².